The average Bonchev–Trinajstić information content (AvgIpc) is 2.62. The molecule has 0 atom stereocenters. The van der Waals surface area contributed by atoms with E-state index in [1.165, 1.54) is 18.8 Å². The summed E-state index contributed by atoms with van der Waals surface area (Å²) in [5, 5.41) is 9.16. The van der Waals surface area contributed by atoms with Gasteiger partial charge in [-0.05, 0) is 49.7 Å². The largest absolute Gasteiger partial charge is 0.393 e. The normalized spacial score (nSPS) is 10.3. The van der Waals surface area contributed by atoms with Crippen molar-refractivity contribution in [2.24, 2.45) is 0 Å². The number of nitrogen functional groups attached to an aromatic ring is 1. The molecule has 3 aromatic rings. The standard InChI is InChI=1S/C20H22N6O/c1-12-4-9-17(13(2)10-12)26-20-18(21)19(22-11-23-20)25-16-7-5-15(6-8-16)24-14(3)27/h4-11H,21H2,1-3H3,(H,24,27)(H2,22,23,25,26). The first-order valence-electron chi connectivity index (χ1n) is 8.52. The number of hydrogen-bond donors (Lipinski definition) is 4. The number of aromatic nitrogens is 2. The molecule has 0 bridgehead atoms. The van der Waals surface area contributed by atoms with Crippen LogP contribution in [0.2, 0.25) is 0 Å². The lowest BCUT2D eigenvalue weighted by Gasteiger charge is -2.14. The van der Waals surface area contributed by atoms with Crippen LogP contribution in [0, 0.1) is 13.8 Å². The van der Waals surface area contributed by atoms with Gasteiger partial charge in [-0.1, -0.05) is 17.7 Å². The van der Waals surface area contributed by atoms with Crippen LogP contribution in [0.15, 0.2) is 48.8 Å². The molecule has 0 fully saturated rings. The third kappa shape index (κ3) is 4.52. The molecule has 1 aromatic heterocycles. The number of carbonyl (C=O) groups excluding carboxylic acids is 1. The second-order valence-corrected chi connectivity index (χ2v) is 6.31. The van der Waals surface area contributed by atoms with Gasteiger partial charge in [-0.15, -0.1) is 0 Å². The predicted octanol–water partition coefficient (Wildman–Crippen LogP) is 4.12. The summed E-state index contributed by atoms with van der Waals surface area (Å²) >= 11 is 0. The molecule has 0 aliphatic rings. The van der Waals surface area contributed by atoms with Crippen molar-refractivity contribution in [2.45, 2.75) is 20.8 Å². The quantitative estimate of drug-likeness (QED) is 0.544. The van der Waals surface area contributed by atoms with E-state index in [-0.39, 0.29) is 5.91 Å². The van der Waals surface area contributed by atoms with Gasteiger partial charge in [0.2, 0.25) is 5.91 Å². The Morgan fingerprint density at radius 3 is 2.19 bits per heavy atom. The Labute approximate surface area is 158 Å². The molecule has 0 unspecified atom stereocenters. The fourth-order valence-corrected chi connectivity index (χ4v) is 2.65. The fourth-order valence-electron chi connectivity index (χ4n) is 2.65. The number of benzene rings is 2. The van der Waals surface area contributed by atoms with Gasteiger partial charge < -0.3 is 21.7 Å². The van der Waals surface area contributed by atoms with Gasteiger partial charge in [0.15, 0.2) is 11.6 Å². The summed E-state index contributed by atoms with van der Waals surface area (Å²) < 4.78 is 0. The number of carbonyl (C=O) groups is 1. The molecule has 7 nitrogen and oxygen atoms in total. The number of amides is 1. The zero-order valence-electron chi connectivity index (χ0n) is 15.5. The molecule has 7 heteroatoms. The van der Waals surface area contributed by atoms with Crippen LogP contribution in [-0.4, -0.2) is 15.9 Å². The lowest BCUT2D eigenvalue weighted by molar-refractivity contribution is -0.114. The number of hydrogen-bond acceptors (Lipinski definition) is 6. The van der Waals surface area contributed by atoms with Crippen molar-refractivity contribution in [2.75, 3.05) is 21.7 Å². The van der Waals surface area contributed by atoms with Gasteiger partial charge >= 0.3 is 0 Å². The fraction of sp³-hybridized carbons (Fsp3) is 0.150. The van der Waals surface area contributed by atoms with E-state index in [1.54, 1.807) is 12.1 Å². The third-order valence-corrected chi connectivity index (χ3v) is 3.99. The molecule has 1 amide bonds. The van der Waals surface area contributed by atoms with E-state index in [9.17, 15) is 4.79 Å². The van der Waals surface area contributed by atoms with Crippen molar-refractivity contribution in [3.05, 3.63) is 59.9 Å². The molecule has 2 aromatic carbocycles. The van der Waals surface area contributed by atoms with E-state index in [0.717, 1.165) is 22.6 Å². The molecule has 5 N–H and O–H groups in total. The van der Waals surface area contributed by atoms with Crippen molar-refractivity contribution in [1.82, 2.24) is 9.97 Å². The van der Waals surface area contributed by atoms with Gasteiger partial charge in [0, 0.05) is 24.0 Å². The minimum atomic E-state index is -0.113. The molecular formula is C20H22N6O. The van der Waals surface area contributed by atoms with Crippen molar-refractivity contribution in [3.8, 4) is 0 Å². The van der Waals surface area contributed by atoms with Gasteiger partial charge in [0.1, 0.15) is 12.0 Å². The summed E-state index contributed by atoms with van der Waals surface area (Å²) in [4.78, 5) is 19.6. The minimum absolute atomic E-state index is 0.113. The maximum Gasteiger partial charge on any atom is 0.221 e. The Morgan fingerprint density at radius 1 is 0.926 bits per heavy atom. The van der Waals surface area contributed by atoms with Crippen LogP contribution in [0.3, 0.4) is 0 Å². The molecule has 3 rings (SSSR count). The number of nitrogens with zero attached hydrogens (tertiary/aromatic N) is 2. The van der Waals surface area contributed by atoms with E-state index in [1.807, 2.05) is 31.2 Å². The summed E-state index contributed by atoms with van der Waals surface area (Å²) in [5.41, 5.74) is 11.4. The van der Waals surface area contributed by atoms with Crippen LogP contribution in [0.25, 0.3) is 0 Å². The highest BCUT2D eigenvalue weighted by atomic mass is 16.1. The van der Waals surface area contributed by atoms with Crippen LogP contribution in [0.1, 0.15) is 18.1 Å². The minimum Gasteiger partial charge on any atom is -0.393 e. The molecule has 0 spiro atoms. The van der Waals surface area contributed by atoms with E-state index in [0.29, 0.717) is 17.3 Å². The second kappa shape index (κ2) is 7.74. The molecule has 0 aliphatic carbocycles. The van der Waals surface area contributed by atoms with Gasteiger partial charge in [-0.2, -0.15) is 0 Å². The summed E-state index contributed by atoms with van der Waals surface area (Å²) in [6.07, 6.45) is 1.45. The van der Waals surface area contributed by atoms with Gasteiger partial charge in [-0.3, -0.25) is 4.79 Å². The average molecular weight is 362 g/mol. The molecule has 138 valence electrons. The first-order chi connectivity index (χ1) is 12.9. The zero-order chi connectivity index (χ0) is 19.4. The molecule has 0 radical (unpaired) electrons. The molecular weight excluding hydrogens is 340 g/mol. The topological polar surface area (TPSA) is 105 Å². The van der Waals surface area contributed by atoms with E-state index >= 15 is 0 Å². The van der Waals surface area contributed by atoms with E-state index in [2.05, 4.69) is 38.9 Å². The number of aryl methyl sites for hydroxylation is 2. The predicted molar refractivity (Wildman–Crippen MR) is 110 cm³/mol. The lowest BCUT2D eigenvalue weighted by Crippen LogP contribution is -2.07. The van der Waals surface area contributed by atoms with Crippen LogP contribution in [-0.2, 0) is 4.79 Å². The molecule has 0 saturated heterocycles. The summed E-state index contributed by atoms with van der Waals surface area (Å²) in [5.74, 6) is 0.928. The molecule has 1 heterocycles. The molecule has 0 saturated carbocycles. The van der Waals surface area contributed by atoms with Crippen molar-refractivity contribution in [3.63, 3.8) is 0 Å². The Morgan fingerprint density at radius 2 is 1.56 bits per heavy atom. The zero-order valence-corrected chi connectivity index (χ0v) is 15.5. The maximum absolute atomic E-state index is 11.1. The summed E-state index contributed by atoms with van der Waals surface area (Å²) in [6.45, 7) is 5.55. The number of nitrogens with two attached hydrogens (primary N) is 1. The monoisotopic (exact) mass is 362 g/mol. The number of rotatable bonds is 5. The van der Waals surface area contributed by atoms with Crippen molar-refractivity contribution >= 4 is 40.3 Å². The molecule has 27 heavy (non-hydrogen) atoms. The van der Waals surface area contributed by atoms with Crippen LogP contribution in [0.4, 0.5) is 34.4 Å². The third-order valence-electron chi connectivity index (χ3n) is 3.99. The molecule has 0 aliphatic heterocycles. The Bertz CT molecular complexity index is 969. The highest BCUT2D eigenvalue weighted by molar-refractivity contribution is 5.89. The Hall–Kier alpha value is -3.61. The van der Waals surface area contributed by atoms with Crippen LogP contribution >= 0.6 is 0 Å². The van der Waals surface area contributed by atoms with Gasteiger partial charge in [-0.25, -0.2) is 9.97 Å². The van der Waals surface area contributed by atoms with E-state index in [4.69, 9.17) is 5.73 Å². The first-order valence-corrected chi connectivity index (χ1v) is 8.52. The smallest absolute Gasteiger partial charge is 0.221 e. The summed E-state index contributed by atoms with van der Waals surface area (Å²) in [7, 11) is 0. The highest BCUT2D eigenvalue weighted by Gasteiger charge is 2.10. The first kappa shape index (κ1) is 18.2. The van der Waals surface area contributed by atoms with Crippen LogP contribution < -0.4 is 21.7 Å². The number of anilines is 6. The van der Waals surface area contributed by atoms with Crippen molar-refractivity contribution < 1.29 is 4.79 Å². The van der Waals surface area contributed by atoms with Crippen molar-refractivity contribution in [1.29, 1.82) is 0 Å². The van der Waals surface area contributed by atoms with Gasteiger partial charge in [0.05, 0.1) is 0 Å². The van der Waals surface area contributed by atoms with Gasteiger partial charge in [0.25, 0.3) is 0 Å². The highest BCUT2D eigenvalue weighted by Crippen LogP contribution is 2.29. The Kier molecular flexibility index (Phi) is 5.21. The van der Waals surface area contributed by atoms with E-state index < -0.39 is 0 Å². The lowest BCUT2D eigenvalue weighted by atomic mass is 10.1. The maximum atomic E-state index is 11.1. The Balaban J connectivity index is 1.79. The SMILES string of the molecule is CC(=O)Nc1ccc(Nc2ncnc(Nc3ccc(C)cc3C)c2N)cc1. The number of nitrogens with one attached hydrogen (secondary N) is 3. The summed E-state index contributed by atoms with van der Waals surface area (Å²) in [6, 6.07) is 13.4. The van der Waals surface area contributed by atoms with Crippen LogP contribution in [0.5, 0.6) is 0 Å². The second-order valence-electron chi connectivity index (χ2n) is 6.31.